The first-order valence-electron chi connectivity index (χ1n) is 7.58. The lowest BCUT2D eigenvalue weighted by Gasteiger charge is -2.14. The highest BCUT2D eigenvalue weighted by Crippen LogP contribution is 2.36. The van der Waals surface area contributed by atoms with Crippen LogP contribution in [0.25, 0.3) is 0 Å². The van der Waals surface area contributed by atoms with E-state index in [0.29, 0.717) is 23.9 Å². The van der Waals surface area contributed by atoms with E-state index in [9.17, 15) is 5.26 Å². The summed E-state index contributed by atoms with van der Waals surface area (Å²) in [5, 5.41) is 9.33. The number of para-hydroxylation sites is 1. The van der Waals surface area contributed by atoms with Gasteiger partial charge < -0.3 is 14.2 Å². The minimum Gasteiger partial charge on any atom is -0.493 e. The molecule has 2 aromatic rings. The summed E-state index contributed by atoms with van der Waals surface area (Å²) in [5.74, 6) is 1.78. The van der Waals surface area contributed by atoms with Crippen molar-refractivity contribution < 1.29 is 14.2 Å². The van der Waals surface area contributed by atoms with Crippen LogP contribution in [-0.2, 0) is 0 Å². The van der Waals surface area contributed by atoms with Crippen LogP contribution in [-0.4, -0.2) is 20.8 Å². The van der Waals surface area contributed by atoms with Crippen LogP contribution >= 0.6 is 0 Å². The van der Waals surface area contributed by atoms with Crippen LogP contribution in [0.15, 0.2) is 48.5 Å². The predicted octanol–water partition coefficient (Wildman–Crippen LogP) is 4.17. The zero-order chi connectivity index (χ0) is 16.5. The number of nitriles is 1. The fraction of sp³-hybridized carbons (Fsp3) is 0.316. The second kappa shape index (κ2) is 8.70. The molecule has 2 rings (SSSR count). The number of rotatable bonds is 8. The second-order valence-corrected chi connectivity index (χ2v) is 5.07. The molecule has 1 atom stereocenters. The first-order chi connectivity index (χ1) is 11.3. The molecular formula is C19H21NO3. The lowest BCUT2D eigenvalue weighted by Crippen LogP contribution is -2.04. The Bertz CT molecular complexity index is 627. The number of nitrogens with zero attached hydrogens (tertiary/aromatic N) is 1. The van der Waals surface area contributed by atoms with Gasteiger partial charge in [0.2, 0.25) is 5.75 Å². The highest BCUT2D eigenvalue weighted by Gasteiger charge is 2.13. The lowest BCUT2D eigenvalue weighted by atomic mass is 9.96. The molecule has 0 radical (unpaired) electrons. The van der Waals surface area contributed by atoms with Gasteiger partial charge in [0.1, 0.15) is 0 Å². The summed E-state index contributed by atoms with van der Waals surface area (Å²) < 4.78 is 16.4. The highest BCUT2D eigenvalue weighted by atomic mass is 16.5. The van der Waals surface area contributed by atoms with Gasteiger partial charge in [0.15, 0.2) is 11.5 Å². The molecule has 23 heavy (non-hydrogen) atoms. The van der Waals surface area contributed by atoms with Crippen molar-refractivity contribution in [2.75, 3.05) is 20.8 Å². The molecule has 0 bridgehead atoms. The van der Waals surface area contributed by atoms with Gasteiger partial charge in [-0.05, 0) is 30.5 Å². The summed E-state index contributed by atoms with van der Waals surface area (Å²) >= 11 is 0. The number of benzene rings is 2. The molecule has 0 aliphatic carbocycles. The fourth-order valence-corrected chi connectivity index (χ4v) is 2.41. The molecule has 4 nitrogen and oxygen atoms in total. The van der Waals surface area contributed by atoms with Crippen molar-refractivity contribution in [3.05, 3.63) is 54.1 Å². The van der Waals surface area contributed by atoms with E-state index in [4.69, 9.17) is 14.2 Å². The fourth-order valence-electron chi connectivity index (χ4n) is 2.41. The Kier molecular flexibility index (Phi) is 6.31. The van der Waals surface area contributed by atoms with E-state index >= 15 is 0 Å². The summed E-state index contributed by atoms with van der Waals surface area (Å²) in [6.45, 7) is 0.502. The van der Waals surface area contributed by atoms with E-state index in [2.05, 4.69) is 6.07 Å². The topological polar surface area (TPSA) is 51.5 Å². The molecule has 0 aliphatic heterocycles. The van der Waals surface area contributed by atoms with Crippen molar-refractivity contribution in [1.82, 2.24) is 0 Å². The molecule has 0 aromatic heterocycles. The van der Waals surface area contributed by atoms with Crippen molar-refractivity contribution in [2.24, 2.45) is 0 Å². The summed E-state index contributed by atoms with van der Waals surface area (Å²) in [6.07, 6.45) is 1.52. The molecule has 2 aromatic carbocycles. The maximum Gasteiger partial charge on any atom is 0.203 e. The maximum absolute atomic E-state index is 9.33. The Morgan fingerprint density at radius 2 is 1.61 bits per heavy atom. The third-order valence-electron chi connectivity index (χ3n) is 3.62. The van der Waals surface area contributed by atoms with Crippen LogP contribution in [0, 0.1) is 11.3 Å². The molecule has 0 spiro atoms. The van der Waals surface area contributed by atoms with E-state index in [1.54, 1.807) is 14.2 Å². The van der Waals surface area contributed by atoms with Gasteiger partial charge in [-0.2, -0.15) is 5.26 Å². The predicted molar refractivity (Wildman–Crippen MR) is 89.1 cm³/mol. The normalized spacial score (nSPS) is 11.3. The Labute approximate surface area is 137 Å². The van der Waals surface area contributed by atoms with Crippen LogP contribution in [0.4, 0.5) is 0 Å². The molecular weight excluding hydrogens is 290 g/mol. The third kappa shape index (κ3) is 4.40. The molecule has 1 unspecified atom stereocenters. The lowest BCUT2D eigenvalue weighted by molar-refractivity contribution is 0.267. The molecule has 0 aliphatic rings. The zero-order valence-corrected chi connectivity index (χ0v) is 13.5. The van der Waals surface area contributed by atoms with Crippen LogP contribution < -0.4 is 14.2 Å². The van der Waals surface area contributed by atoms with Crippen LogP contribution in [0.3, 0.4) is 0 Å². The van der Waals surface area contributed by atoms with Crippen LogP contribution in [0.1, 0.15) is 24.3 Å². The summed E-state index contributed by atoms with van der Waals surface area (Å²) in [4.78, 5) is 0. The van der Waals surface area contributed by atoms with Crippen LogP contribution in [0.2, 0.25) is 0 Å². The smallest absolute Gasteiger partial charge is 0.203 e. The Morgan fingerprint density at radius 1 is 0.957 bits per heavy atom. The zero-order valence-electron chi connectivity index (χ0n) is 13.5. The summed E-state index contributed by atoms with van der Waals surface area (Å²) in [5.41, 5.74) is 1.05. The van der Waals surface area contributed by atoms with Crippen molar-refractivity contribution in [1.29, 1.82) is 5.26 Å². The molecule has 0 fully saturated rings. The molecule has 0 saturated heterocycles. The number of methoxy groups -OCH3 is 2. The Hall–Kier alpha value is -2.67. The number of ether oxygens (including phenoxy) is 3. The van der Waals surface area contributed by atoms with Gasteiger partial charge in [-0.3, -0.25) is 0 Å². The number of hydrogen-bond acceptors (Lipinski definition) is 4. The van der Waals surface area contributed by atoms with Crippen LogP contribution in [0.5, 0.6) is 17.2 Å². The van der Waals surface area contributed by atoms with E-state index in [1.807, 2.05) is 48.5 Å². The monoisotopic (exact) mass is 311 g/mol. The van der Waals surface area contributed by atoms with E-state index < -0.39 is 0 Å². The van der Waals surface area contributed by atoms with Gasteiger partial charge in [-0.25, -0.2) is 0 Å². The first-order valence-corrected chi connectivity index (χ1v) is 7.58. The van der Waals surface area contributed by atoms with E-state index in [1.165, 1.54) is 0 Å². The summed E-state index contributed by atoms with van der Waals surface area (Å²) in [6, 6.07) is 17.7. The van der Waals surface area contributed by atoms with E-state index in [0.717, 1.165) is 18.4 Å². The third-order valence-corrected chi connectivity index (χ3v) is 3.62. The van der Waals surface area contributed by atoms with Crippen molar-refractivity contribution in [3.8, 4) is 23.3 Å². The average molecular weight is 311 g/mol. The largest absolute Gasteiger partial charge is 0.493 e. The second-order valence-electron chi connectivity index (χ2n) is 5.07. The minimum absolute atomic E-state index is 0.112. The van der Waals surface area contributed by atoms with Gasteiger partial charge in [0, 0.05) is 0 Å². The molecule has 0 N–H and O–H groups in total. The molecule has 0 heterocycles. The summed E-state index contributed by atoms with van der Waals surface area (Å²) in [7, 11) is 3.20. The molecule has 4 heteroatoms. The Balaban J connectivity index is 1.92. The van der Waals surface area contributed by atoms with Gasteiger partial charge in [0.05, 0.1) is 32.8 Å². The minimum atomic E-state index is -0.112. The first kappa shape index (κ1) is 16.7. The highest BCUT2D eigenvalue weighted by molar-refractivity contribution is 5.51. The van der Waals surface area contributed by atoms with Crippen molar-refractivity contribution >= 4 is 0 Å². The van der Waals surface area contributed by atoms with E-state index in [-0.39, 0.29) is 5.92 Å². The molecule has 120 valence electrons. The van der Waals surface area contributed by atoms with Crippen molar-refractivity contribution in [3.63, 3.8) is 0 Å². The molecule has 0 amide bonds. The maximum atomic E-state index is 9.33. The van der Waals surface area contributed by atoms with Gasteiger partial charge in [0.25, 0.3) is 0 Å². The van der Waals surface area contributed by atoms with Gasteiger partial charge >= 0.3 is 0 Å². The standard InChI is InChI=1S/C19H21NO3/c1-21-17-11-6-12-18(22-2)19(17)23-13-7-10-16(14-20)15-8-4-3-5-9-15/h3-6,8-9,11-12,16H,7,10,13H2,1-2H3. The van der Waals surface area contributed by atoms with Gasteiger partial charge in [-0.15, -0.1) is 0 Å². The average Bonchev–Trinajstić information content (AvgIpc) is 2.62. The molecule has 0 saturated carbocycles. The Morgan fingerprint density at radius 3 is 2.17 bits per heavy atom. The SMILES string of the molecule is COc1cccc(OC)c1OCCCC(C#N)c1ccccc1. The van der Waals surface area contributed by atoms with Crippen molar-refractivity contribution in [2.45, 2.75) is 18.8 Å². The number of hydrogen-bond donors (Lipinski definition) is 0. The quantitative estimate of drug-likeness (QED) is 0.687. The van der Waals surface area contributed by atoms with Gasteiger partial charge in [-0.1, -0.05) is 36.4 Å².